The smallest absolute Gasteiger partial charge is 0.408 e. The summed E-state index contributed by atoms with van der Waals surface area (Å²) in [4.78, 5) is 15.3. The molecular weight excluding hydrogens is 491 g/mol. The number of carbonyl (C=O) groups is 1. The standard InChI is InChI=1S/C30H34Cl2N2O2/c1-20-16-23-6-5-14-33-28(23)27(17-20)36-29(35)34(15-13-21-9-12-25(31)26(32)18-21)19-22-7-10-24(11-8-22)30(2,3)4/h7-12,16-18,33H,5-6,13-15,19H2,1-4H3. The van der Waals surface area contributed by atoms with Crippen molar-refractivity contribution in [2.24, 2.45) is 0 Å². The maximum Gasteiger partial charge on any atom is 0.415 e. The van der Waals surface area contributed by atoms with Crippen LogP contribution in [0.15, 0.2) is 54.6 Å². The van der Waals surface area contributed by atoms with Gasteiger partial charge in [-0.05, 0) is 77.6 Å². The monoisotopic (exact) mass is 524 g/mol. The van der Waals surface area contributed by atoms with Crippen LogP contribution in [0.4, 0.5) is 10.5 Å². The van der Waals surface area contributed by atoms with Gasteiger partial charge in [-0.2, -0.15) is 0 Å². The maximum atomic E-state index is 13.5. The van der Waals surface area contributed by atoms with Gasteiger partial charge in [-0.3, -0.25) is 0 Å². The lowest BCUT2D eigenvalue weighted by Gasteiger charge is -2.26. The summed E-state index contributed by atoms with van der Waals surface area (Å²) in [6.07, 6.45) is 2.33. The highest BCUT2D eigenvalue weighted by Crippen LogP contribution is 2.34. The van der Waals surface area contributed by atoms with Gasteiger partial charge in [0.15, 0.2) is 5.75 Å². The van der Waals surface area contributed by atoms with Crippen LogP contribution in [0.3, 0.4) is 0 Å². The molecule has 1 amide bonds. The topological polar surface area (TPSA) is 41.6 Å². The summed E-state index contributed by atoms with van der Waals surface area (Å²) in [7, 11) is 0. The molecule has 0 saturated carbocycles. The zero-order valence-electron chi connectivity index (χ0n) is 21.5. The first-order chi connectivity index (χ1) is 17.1. The van der Waals surface area contributed by atoms with E-state index in [4.69, 9.17) is 27.9 Å². The van der Waals surface area contributed by atoms with Crippen molar-refractivity contribution in [3.63, 3.8) is 0 Å². The Kier molecular flexibility index (Phi) is 8.17. The summed E-state index contributed by atoms with van der Waals surface area (Å²) in [6, 6.07) is 18.1. The van der Waals surface area contributed by atoms with E-state index < -0.39 is 0 Å². The Balaban J connectivity index is 1.56. The van der Waals surface area contributed by atoms with Crippen molar-refractivity contribution < 1.29 is 9.53 Å². The van der Waals surface area contributed by atoms with E-state index in [1.807, 2.05) is 25.1 Å². The Bertz CT molecular complexity index is 1230. The van der Waals surface area contributed by atoms with Gasteiger partial charge in [-0.15, -0.1) is 0 Å². The summed E-state index contributed by atoms with van der Waals surface area (Å²) in [5.41, 5.74) is 6.61. The third-order valence-electron chi connectivity index (χ3n) is 6.56. The van der Waals surface area contributed by atoms with Crippen molar-refractivity contribution in [2.45, 2.75) is 58.9 Å². The van der Waals surface area contributed by atoms with Gasteiger partial charge in [0.2, 0.25) is 0 Å². The Morgan fingerprint density at radius 2 is 1.72 bits per heavy atom. The average Bonchev–Trinajstić information content (AvgIpc) is 2.83. The van der Waals surface area contributed by atoms with Crippen LogP contribution in [0.25, 0.3) is 0 Å². The molecule has 3 aromatic rings. The molecular formula is C30H34Cl2N2O2. The van der Waals surface area contributed by atoms with Gasteiger partial charge in [0.05, 0.1) is 15.7 Å². The summed E-state index contributed by atoms with van der Waals surface area (Å²) >= 11 is 12.3. The van der Waals surface area contributed by atoms with Crippen molar-refractivity contribution in [1.82, 2.24) is 4.90 Å². The van der Waals surface area contributed by atoms with Crippen molar-refractivity contribution >= 4 is 35.0 Å². The molecule has 1 aliphatic heterocycles. The van der Waals surface area contributed by atoms with E-state index in [2.05, 4.69) is 56.4 Å². The van der Waals surface area contributed by atoms with Crippen LogP contribution >= 0.6 is 23.2 Å². The lowest BCUT2D eigenvalue weighted by molar-refractivity contribution is 0.150. The lowest BCUT2D eigenvalue weighted by Crippen LogP contribution is -2.35. The normalized spacial score (nSPS) is 13.1. The van der Waals surface area contributed by atoms with Crippen molar-refractivity contribution in [3.8, 4) is 5.75 Å². The second-order valence-corrected chi connectivity index (χ2v) is 11.4. The molecule has 0 aromatic heterocycles. The van der Waals surface area contributed by atoms with Gasteiger partial charge >= 0.3 is 6.09 Å². The fourth-order valence-electron chi connectivity index (χ4n) is 4.48. The number of hydrogen-bond donors (Lipinski definition) is 1. The van der Waals surface area contributed by atoms with Crippen molar-refractivity contribution in [1.29, 1.82) is 0 Å². The third-order valence-corrected chi connectivity index (χ3v) is 7.30. The van der Waals surface area contributed by atoms with Crippen LogP contribution in [0.1, 0.15) is 55.0 Å². The maximum absolute atomic E-state index is 13.5. The Morgan fingerprint density at radius 3 is 2.42 bits per heavy atom. The molecule has 0 fully saturated rings. The minimum Gasteiger partial charge on any atom is -0.408 e. The number of anilines is 1. The molecule has 0 unspecified atom stereocenters. The molecule has 4 nitrogen and oxygen atoms in total. The number of fused-ring (bicyclic) bond motifs is 1. The highest BCUT2D eigenvalue weighted by molar-refractivity contribution is 6.42. The Hall–Kier alpha value is -2.69. The molecule has 36 heavy (non-hydrogen) atoms. The van der Waals surface area contributed by atoms with E-state index in [1.165, 1.54) is 11.1 Å². The molecule has 1 N–H and O–H groups in total. The predicted molar refractivity (Wildman–Crippen MR) is 150 cm³/mol. The van der Waals surface area contributed by atoms with Crippen LogP contribution in [0.2, 0.25) is 10.0 Å². The summed E-state index contributed by atoms with van der Waals surface area (Å²) in [6.45, 7) is 10.4. The molecule has 0 spiro atoms. The number of nitrogens with zero attached hydrogens (tertiary/aromatic N) is 1. The van der Waals surface area contributed by atoms with Gasteiger partial charge in [-0.25, -0.2) is 4.79 Å². The molecule has 0 atom stereocenters. The molecule has 0 saturated heterocycles. The highest BCUT2D eigenvalue weighted by atomic mass is 35.5. The molecule has 0 radical (unpaired) electrons. The van der Waals surface area contributed by atoms with E-state index in [-0.39, 0.29) is 11.5 Å². The predicted octanol–water partition coefficient (Wildman–Crippen LogP) is 8.20. The number of aryl methyl sites for hydroxylation is 2. The number of carbonyl (C=O) groups excluding carboxylic acids is 1. The van der Waals surface area contributed by atoms with E-state index >= 15 is 0 Å². The van der Waals surface area contributed by atoms with Crippen molar-refractivity contribution in [3.05, 3.63) is 92.5 Å². The van der Waals surface area contributed by atoms with Crippen LogP contribution in [-0.4, -0.2) is 24.1 Å². The number of amides is 1. The number of halogens is 2. The zero-order valence-corrected chi connectivity index (χ0v) is 23.0. The van der Waals surface area contributed by atoms with Gasteiger partial charge in [0.25, 0.3) is 0 Å². The molecule has 0 bridgehead atoms. The van der Waals surface area contributed by atoms with Crippen LogP contribution in [0.5, 0.6) is 5.75 Å². The van der Waals surface area contributed by atoms with E-state index in [1.54, 1.807) is 11.0 Å². The molecule has 1 heterocycles. The van der Waals surface area contributed by atoms with Gasteiger partial charge in [0, 0.05) is 19.6 Å². The quantitative estimate of drug-likeness (QED) is 0.353. The lowest BCUT2D eigenvalue weighted by atomic mass is 9.87. The molecule has 4 rings (SSSR count). The SMILES string of the molecule is Cc1cc2c(c(OC(=O)N(CCc3ccc(Cl)c(Cl)c3)Cc3ccc(C(C)(C)C)cc3)c1)NCCC2. The molecule has 0 aliphatic carbocycles. The van der Waals surface area contributed by atoms with Gasteiger partial charge in [-0.1, -0.05) is 80.4 Å². The van der Waals surface area contributed by atoms with E-state index in [9.17, 15) is 4.79 Å². The number of nitrogens with one attached hydrogen (secondary N) is 1. The second-order valence-electron chi connectivity index (χ2n) is 10.6. The number of rotatable bonds is 6. The minimum atomic E-state index is -0.366. The van der Waals surface area contributed by atoms with Gasteiger partial charge in [0.1, 0.15) is 0 Å². The van der Waals surface area contributed by atoms with E-state index in [0.29, 0.717) is 35.3 Å². The molecule has 3 aromatic carbocycles. The van der Waals surface area contributed by atoms with Gasteiger partial charge < -0.3 is 15.0 Å². The first kappa shape index (κ1) is 26.4. The second kappa shape index (κ2) is 11.1. The van der Waals surface area contributed by atoms with Crippen LogP contribution < -0.4 is 10.1 Å². The highest BCUT2D eigenvalue weighted by Gasteiger charge is 2.22. The fraction of sp³-hybridized carbons (Fsp3) is 0.367. The van der Waals surface area contributed by atoms with Crippen LogP contribution in [-0.2, 0) is 24.8 Å². The average molecular weight is 526 g/mol. The first-order valence-electron chi connectivity index (χ1n) is 12.5. The Labute approximate surface area is 224 Å². The fourth-order valence-corrected chi connectivity index (χ4v) is 4.80. The van der Waals surface area contributed by atoms with E-state index in [0.717, 1.165) is 41.8 Å². The number of ether oxygens (including phenoxy) is 1. The zero-order chi connectivity index (χ0) is 25.9. The molecule has 6 heteroatoms. The van der Waals surface area contributed by atoms with Crippen molar-refractivity contribution in [2.75, 3.05) is 18.4 Å². The Morgan fingerprint density at radius 1 is 1.00 bits per heavy atom. The molecule has 1 aliphatic rings. The number of hydrogen-bond acceptors (Lipinski definition) is 3. The van der Waals surface area contributed by atoms with Crippen LogP contribution in [0, 0.1) is 6.92 Å². The summed E-state index contributed by atoms with van der Waals surface area (Å²) in [5.74, 6) is 0.595. The molecule has 190 valence electrons. The summed E-state index contributed by atoms with van der Waals surface area (Å²) < 4.78 is 6.01. The third kappa shape index (κ3) is 6.54. The summed E-state index contributed by atoms with van der Waals surface area (Å²) in [5, 5.41) is 4.45. The number of benzene rings is 3. The minimum absolute atomic E-state index is 0.0717. The largest absolute Gasteiger partial charge is 0.415 e. The first-order valence-corrected chi connectivity index (χ1v) is 13.2.